The van der Waals surface area contributed by atoms with Gasteiger partial charge >= 0.3 is 12.8 Å². The summed E-state index contributed by atoms with van der Waals surface area (Å²) in [5.74, 6) is -0.191. The molecule has 1 saturated carbocycles. The van der Waals surface area contributed by atoms with Crippen molar-refractivity contribution in [3.63, 3.8) is 0 Å². The van der Waals surface area contributed by atoms with E-state index in [-0.39, 0.29) is 29.4 Å². The minimum atomic E-state index is -4.72. The number of hydrogen-bond acceptors (Lipinski definition) is 6. The molecule has 0 aromatic heterocycles. The van der Waals surface area contributed by atoms with E-state index in [0.717, 1.165) is 11.6 Å². The van der Waals surface area contributed by atoms with Crippen LogP contribution in [0.25, 0.3) is 0 Å². The predicted octanol–water partition coefficient (Wildman–Crippen LogP) is 4.05. The summed E-state index contributed by atoms with van der Waals surface area (Å²) in [6.45, 7) is -0.0949. The fraction of sp³-hybridized carbons (Fsp3) is 0.263. The van der Waals surface area contributed by atoms with Crippen molar-refractivity contribution >= 4 is 12.6 Å². The number of hydrogen-bond donors (Lipinski definition) is 2. The van der Waals surface area contributed by atoms with Crippen molar-refractivity contribution in [2.24, 2.45) is 21.9 Å². The van der Waals surface area contributed by atoms with Crippen LogP contribution in [0, 0.1) is 5.92 Å². The van der Waals surface area contributed by atoms with Crippen LogP contribution in [0.4, 0.5) is 22.0 Å². The van der Waals surface area contributed by atoms with E-state index in [1.807, 2.05) is 0 Å². The van der Waals surface area contributed by atoms with Gasteiger partial charge in [-0.25, -0.2) is 0 Å². The lowest BCUT2D eigenvalue weighted by molar-refractivity contribution is -0.138. The summed E-state index contributed by atoms with van der Waals surface area (Å²) in [6, 6.07) is 6.85. The number of fused-ring (bicyclic) bond motifs is 3. The lowest BCUT2D eigenvalue weighted by Gasteiger charge is -2.15. The van der Waals surface area contributed by atoms with Gasteiger partial charge in [-0.15, -0.1) is 5.10 Å². The Morgan fingerprint density at radius 3 is 2.61 bits per heavy atom. The molecule has 0 unspecified atom stereocenters. The van der Waals surface area contributed by atoms with Crippen molar-refractivity contribution in [3.8, 4) is 23.0 Å². The maximum Gasteiger partial charge on any atom is 0.416 e. The summed E-state index contributed by atoms with van der Waals surface area (Å²) in [5.41, 5.74) is 7.91. The number of benzene rings is 2. The highest BCUT2D eigenvalue weighted by Crippen LogP contribution is 2.59. The molecule has 1 aliphatic heterocycles. The van der Waals surface area contributed by atoms with Crippen molar-refractivity contribution < 1.29 is 36.2 Å². The summed E-state index contributed by atoms with van der Waals surface area (Å²) < 4.78 is 79.5. The third-order valence-corrected chi connectivity index (χ3v) is 4.87. The Hall–Kier alpha value is -3.57. The van der Waals surface area contributed by atoms with Gasteiger partial charge in [0, 0.05) is 24.3 Å². The number of halogens is 5. The molecule has 0 radical (unpaired) electrons. The molecular formula is C19H15F5N4O3. The Labute approximate surface area is 172 Å². The van der Waals surface area contributed by atoms with E-state index in [9.17, 15) is 22.0 Å². The molecule has 1 aliphatic carbocycles. The Kier molecular flexibility index (Phi) is 5.07. The van der Waals surface area contributed by atoms with Gasteiger partial charge in [-0.3, -0.25) is 0 Å². The van der Waals surface area contributed by atoms with Crippen LogP contribution < -0.4 is 25.5 Å². The van der Waals surface area contributed by atoms with Crippen molar-refractivity contribution in [1.29, 1.82) is 0 Å². The van der Waals surface area contributed by atoms with Crippen LogP contribution in [-0.2, 0) is 6.18 Å². The molecule has 2 aromatic carbocycles. The Morgan fingerprint density at radius 1 is 1.16 bits per heavy atom. The van der Waals surface area contributed by atoms with E-state index >= 15 is 0 Å². The Bertz CT molecular complexity index is 1040. The van der Waals surface area contributed by atoms with Gasteiger partial charge in [0.25, 0.3) is 0 Å². The zero-order valence-electron chi connectivity index (χ0n) is 15.6. The van der Waals surface area contributed by atoms with E-state index in [2.05, 4.69) is 27.2 Å². The first-order chi connectivity index (χ1) is 14.7. The van der Waals surface area contributed by atoms with Crippen LogP contribution in [0.3, 0.4) is 0 Å². The fourth-order valence-corrected chi connectivity index (χ4v) is 3.51. The van der Waals surface area contributed by atoms with Crippen molar-refractivity contribution in [2.45, 2.75) is 24.8 Å². The summed E-state index contributed by atoms with van der Waals surface area (Å²) in [5, 5.41) is 7.22. The first-order valence-corrected chi connectivity index (χ1v) is 8.87. The minimum absolute atomic E-state index is 0.0109. The summed E-state index contributed by atoms with van der Waals surface area (Å²) >= 11 is 0. The molecular weight excluding hydrogens is 427 g/mol. The number of amidine groups is 1. The van der Waals surface area contributed by atoms with Crippen LogP contribution >= 0.6 is 0 Å². The molecule has 0 bridgehead atoms. The normalized spacial score (nSPS) is 21.7. The SMILES string of the molecule is C=NN/N=C(\N)[C@H]1[C@@H]2Oc3cc(Oc4ccc(C(F)(F)F)cc4OC(F)F)ccc3[C@@H]21. The largest absolute Gasteiger partial charge is 0.489 e. The van der Waals surface area contributed by atoms with Crippen LogP contribution in [0.1, 0.15) is 17.0 Å². The van der Waals surface area contributed by atoms with Crippen molar-refractivity contribution in [1.82, 2.24) is 5.53 Å². The van der Waals surface area contributed by atoms with E-state index in [0.29, 0.717) is 23.7 Å². The molecule has 1 fully saturated rings. The van der Waals surface area contributed by atoms with Gasteiger partial charge in [0.1, 0.15) is 23.4 Å². The highest BCUT2D eigenvalue weighted by atomic mass is 19.4. The maximum atomic E-state index is 12.9. The molecule has 0 saturated heterocycles. The van der Waals surface area contributed by atoms with Gasteiger partial charge < -0.3 is 19.9 Å². The second-order valence-electron chi connectivity index (χ2n) is 6.77. The third-order valence-electron chi connectivity index (χ3n) is 4.87. The second kappa shape index (κ2) is 7.60. The monoisotopic (exact) mass is 442 g/mol. The highest BCUT2D eigenvalue weighted by molar-refractivity contribution is 5.89. The van der Waals surface area contributed by atoms with Crippen LogP contribution in [0.2, 0.25) is 0 Å². The van der Waals surface area contributed by atoms with E-state index in [1.54, 1.807) is 12.1 Å². The van der Waals surface area contributed by atoms with Crippen molar-refractivity contribution in [3.05, 3.63) is 47.5 Å². The van der Waals surface area contributed by atoms with Gasteiger partial charge in [-0.1, -0.05) is 6.07 Å². The van der Waals surface area contributed by atoms with Gasteiger partial charge in [-0.2, -0.15) is 32.6 Å². The molecule has 0 spiro atoms. The molecule has 0 amide bonds. The number of nitrogens with one attached hydrogen (secondary N) is 1. The zero-order valence-corrected chi connectivity index (χ0v) is 15.6. The van der Waals surface area contributed by atoms with Gasteiger partial charge in [-0.05, 0) is 24.3 Å². The topological polar surface area (TPSA) is 90.5 Å². The Morgan fingerprint density at radius 2 is 1.94 bits per heavy atom. The smallest absolute Gasteiger partial charge is 0.416 e. The zero-order chi connectivity index (χ0) is 22.3. The van der Waals surface area contributed by atoms with Crippen LogP contribution in [0.5, 0.6) is 23.0 Å². The summed E-state index contributed by atoms with van der Waals surface area (Å²) in [7, 11) is 0. The number of nitrogens with two attached hydrogens (primary N) is 1. The molecule has 2 aromatic rings. The molecule has 31 heavy (non-hydrogen) atoms. The number of ether oxygens (including phenoxy) is 3. The van der Waals surface area contributed by atoms with Gasteiger partial charge in [0.2, 0.25) is 0 Å². The molecule has 12 heteroatoms. The molecule has 2 aliphatic rings. The van der Waals surface area contributed by atoms with Gasteiger partial charge in [0.05, 0.1) is 11.5 Å². The molecule has 3 N–H and O–H groups in total. The quantitative estimate of drug-likeness (QED) is 0.292. The first kappa shape index (κ1) is 20.7. The molecule has 7 nitrogen and oxygen atoms in total. The third kappa shape index (κ3) is 4.05. The van der Waals surface area contributed by atoms with Crippen LogP contribution in [0.15, 0.2) is 46.6 Å². The number of nitrogens with zero attached hydrogens (tertiary/aromatic N) is 2. The van der Waals surface area contributed by atoms with Crippen molar-refractivity contribution in [2.75, 3.05) is 0 Å². The van der Waals surface area contributed by atoms with E-state index in [4.69, 9.17) is 15.2 Å². The fourth-order valence-electron chi connectivity index (χ4n) is 3.51. The second-order valence-corrected chi connectivity index (χ2v) is 6.77. The lowest BCUT2D eigenvalue weighted by atomic mass is 10.1. The highest BCUT2D eigenvalue weighted by Gasteiger charge is 2.61. The molecule has 4 rings (SSSR count). The first-order valence-electron chi connectivity index (χ1n) is 8.87. The molecule has 164 valence electrons. The summed E-state index contributed by atoms with van der Waals surface area (Å²) in [4.78, 5) is 0. The molecule has 1 heterocycles. The predicted molar refractivity (Wildman–Crippen MR) is 99.5 cm³/mol. The Balaban J connectivity index is 1.54. The van der Waals surface area contributed by atoms with E-state index in [1.165, 1.54) is 6.07 Å². The number of hydrazone groups is 2. The lowest BCUT2D eigenvalue weighted by Crippen LogP contribution is -2.21. The van der Waals surface area contributed by atoms with Gasteiger partial charge in [0.15, 0.2) is 11.5 Å². The average molecular weight is 442 g/mol. The number of alkyl halides is 5. The standard InChI is InChI=1S/C19H15F5N4O3/c1-26-28-27-17(25)15-14-10-4-3-9(7-12(10)30-16(14)15)29-11-5-2-8(19(22,23)24)6-13(11)31-18(20)21/h2-7,14-16,18,28H,1H2,(H2,25,27)/t14-,15-,16-/m1/s1. The average Bonchev–Trinajstić information content (AvgIpc) is 3.28. The molecule has 3 atom stereocenters. The van der Waals surface area contributed by atoms with E-state index < -0.39 is 24.1 Å². The summed E-state index contributed by atoms with van der Waals surface area (Å²) in [6.07, 6.45) is -4.94. The number of rotatable bonds is 7. The van der Waals surface area contributed by atoms with Crippen LogP contribution in [-0.4, -0.2) is 25.3 Å². The maximum absolute atomic E-state index is 12.9. The minimum Gasteiger partial charge on any atom is -0.489 e.